The Bertz CT molecular complexity index is 368. The minimum Gasteiger partial charge on any atom is -0.212 e. The zero-order valence-corrected chi connectivity index (χ0v) is 10.4. The fraction of sp³-hybridized carbons (Fsp3) is 0.833. The average molecular weight is 241 g/mol. The molecule has 90 valence electrons. The minimum absolute atomic E-state index is 0.116. The summed E-state index contributed by atoms with van der Waals surface area (Å²) in [6.45, 7) is 1.24. The largest absolute Gasteiger partial charge is 0.216 e. The monoisotopic (exact) mass is 241 g/mol. The minimum atomic E-state index is -3.03. The molecule has 1 saturated heterocycles. The first kappa shape index (κ1) is 11.9. The van der Waals surface area contributed by atoms with E-state index in [-0.39, 0.29) is 11.2 Å². The lowest BCUT2D eigenvalue weighted by Crippen LogP contribution is -2.42. The highest BCUT2D eigenvalue weighted by atomic mass is 32.2. The van der Waals surface area contributed by atoms with Gasteiger partial charge in [0.2, 0.25) is 10.0 Å². The molecule has 1 saturated carbocycles. The van der Waals surface area contributed by atoms with Crippen LogP contribution < -0.4 is 0 Å². The summed E-state index contributed by atoms with van der Waals surface area (Å²) in [5, 5.41) is -0.116. The molecule has 0 aromatic rings. The van der Waals surface area contributed by atoms with Crippen LogP contribution in [-0.4, -0.2) is 31.1 Å². The summed E-state index contributed by atoms with van der Waals surface area (Å²) >= 11 is 0. The number of hydrogen-bond acceptors (Lipinski definition) is 2. The van der Waals surface area contributed by atoms with Gasteiger partial charge >= 0.3 is 0 Å². The van der Waals surface area contributed by atoms with E-state index in [1.165, 1.54) is 0 Å². The maximum Gasteiger partial charge on any atom is 0.216 e. The molecule has 2 aliphatic rings. The van der Waals surface area contributed by atoms with Crippen molar-refractivity contribution in [3.63, 3.8) is 0 Å². The molecule has 0 radical (unpaired) electrons. The summed E-state index contributed by atoms with van der Waals surface area (Å²) in [6, 6.07) is 0. The molecular formula is C12H19NO2S. The molecule has 4 heteroatoms. The fourth-order valence-electron chi connectivity index (χ4n) is 2.67. The third-order valence-electron chi connectivity index (χ3n) is 3.77. The van der Waals surface area contributed by atoms with Crippen LogP contribution in [0.4, 0.5) is 0 Å². The molecule has 1 aliphatic heterocycles. The smallest absolute Gasteiger partial charge is 0.212 e. The first-order valence-electron chi connectivity index (χ1n) is 6.09. The van der Waals surface area contributed by atoms with Crippen molar-refractivity contribution in [1.82, 2.24) is 4.31 Å². The van der Waals surface area contributed by atoms with Crippen LogP contribution in [-0.2, 0) is 10.0 Å². The van der Waals surface area contributed by atoms with Gasteiger partial charge < -0.3 is 0 Å². The average Bonchev–Trinajstić information content (AvgIpc) is 2.83. The lowest BCUT2D eigenvalue weighted by molar-refractivity contribution is 0.308. The van der Waals surface area contributed by atoms with Crippen molar-refractivity contribution in [2.24, 2.45) is 5.92 Å². The molecule has 1 aliphatic carbocycles. The maximum absolute atomic E-state index is 12.3. The standard InChI is InChI=1S/C12H19NO2S/c1-2-11-7-9-13(10-8-11)16(14,15)12-5-3-4-6-12/h1,11-12H,3-10H2. The molecule has 2 fully saturated rings. The van der Waals surface area contributed by atoms with Gasteiger partial charge in [-0.3, -0.25) is 0 Å². The first-order valence-corrected chi connectivity index (χ1v) is 7.60. The highest BCUT2D eigenvalue weighted by Crippen LogP contribution is 2.29. The molecule has 2 rings (SSSR count). The summed E-state index contributed by atoms with van der Waals surface area (Å²) in [7, 11) is -3.03. The van der Waals surface area contributed by atoms with Crippen LogP contribution in [0, 0.1) is 18.3 Å². The van der Waals surface area contributed by atoms with Crippen LogP contribution in [0.2, 0.25) is 0 Å². The molecule has 3 nitrogen and oxygen atoms in total. The second-order valence-electron chi connectivity index (χ2n) is 4.79. The number of sulfonamides is 1. The third kappa shape index (κ3) is 2.26. The predicted molar refractivity (Wildman–Crippen MR) is 64.3 cm³/mol. The Labute approximate surface area is 98.3 Å². The fourth-order valence-corrected chi connectivity index (χ4v) is 4.74. The number of rotatable bonds is 2. The van der Waals surface area contributed by atoms with Gasteiger partial charge in [0.05, 0.1) is 5.25 Å². The summed E-state index contributed by atoms with van der Waals surface area (Å²) in [5.41, 5.74) is 0. The first-order chi connectivity index (χ1) is 7.64. The Morgan fingerprint density at radius 2 is 1.62 bits per heavy atom. The summed E-state index contributed by atoms with van der Waals surface area (Å²) < 4.78 is 26.2. The normalized spacial score (nSPS) is 25.7. The van der Waals surface area contributed by atoms with Crippen LogP contribution in [0.15, 0.2) is 0 Å². The zero-order chi connectivity index (χ0) is 11.6. The van der Waals surface area contributed by atoms with Crippen molar-refractivity contribution in [3.05, 3.63) is 0 Å². The summed E-state index contributed by atoms with van der Waals surface area (Å²) in [5.74, 6) is 3.00. The van der Waals surface area contributed by atoms with Gasteiger partial charge in [-0.25, -0.2) is 12.7 Å². The molecule has 16 heavy (non-hydrogen) atoms. The topological polar surface area (TPSA) is 37.4 Å². The Kier molecular flexibility index (Phi) is 3.56. The van der Waals surface area contributed by atoms with E-state index >= 15 is 0 Å². The van der Waals surface area contributed by atoms with E-state index in [1.54, 1.807) is 4.31 Å². The van der Waals surface area contributed by atoms with E-state index in [2.05, 4.69) is 5.92 Å². The van der Waals surface area contributed by atoms with Crippen molar-refractivity contribution in [3.8, 4) is 12.3 Å². The van der Waals surface area contributed by atoms with Gasteiger partial charge in [0.25, 0.3) is 0 Å². The molecule has 0 spiro atoms. The number of terminal acetylenes is 1. The van der Waals surface area contributed by atoms with Gasteiger partial charge in [-0.05, 0) is 25.7 Å². The van der Waals surface area contributed by atoms with Crippen LogP contribution in [0.25, 0.3) is 0 Å². The van der Waals surface area contributed by atoms with E-state index in [0.717, 1.165) is 38.5 Å². The maximum atomic E-state index is 12.3. The molecule has 0 N–H and O–H groups in total. The van der Waals surface area contributed by atoms with Gasteiger partial charge in [-0.2, -0.15) is 0 Å². The van der Waals surface area contributed by atoms with Crippen molar-refractivity contribution in [1.29, 1.82) is 0 Å². The van der Waals surface area contributed by atoms with Crippen LogP contribution in [0.3, 0.4) is 0 Å². The Hall–Kier alpha value is -0.530. The Balaban J connectivity index is 2.00. The van der Waals surface area contributed by atoms with E-state index < -0.39 is 10.0 Å². The van der Waals surface area contributed by atoms with Crippen LogP contribution in [0.5, 0.6) is 0 Å². The number of nitrogens with zero attached hydrogens (tertiary/aromatic N) is 1. The van der Waals surface area contributed by atoms with Crippen molar-refractivity contribution < 1.29 is 8.42 Å². The Morgan fingerprint density at radius 3 is 2.12 bits per heavy atom. The molecule has 0 aromatic heterocycles. The van der Waals surface area contributed by atoms with Gasteiger partial charge in [-0.15, -0.1) is 12.3 Å². The molecule has 1 heterocycles. The molecule has 0 unspecified atom stereocenters. The van der Waals surface area contributed by atoms with Crippen molar-refractivity contribution >= 4 is 10.0 Å². The van der Waals surface area contributed by atoms with Gasteiger partial charge in [0.15, 0.2) is 0 Å². The zero-order valence-electron chi connectivity index (χ0n) is 9.56. The highest BCUT2D eigenvalue weighted by Gasteiger charge is 2.35. The number of piperidine rings is 1. The molecule has 0 aromatic carbocycles. The lowest BCUT2D eigenvalue weighted by Gasteiger charge is -2.31. The second-order valence-corrected chi connectivity index (χ2v) is 7.00. The summed E-state index contributed by atoms with van der Waals surface area (Å²) in [4.78, 5) is 0. The van der Waals surface area contributed by atoms with Gasteiger partial charge in [0, 0.05) is 19.0 Å². The van der Waals surface area contributed by atoms with E-state index in [9.17, 15) is 8.42 Å². The quantitative estimate of drug-likeness (QED) is 0.689. The molecule has 0 amide bonds. The van der Waals surface area contributed by atoms with Crippen LogP contribution in [0.1, 0.15) is 38.5 Å². The SMILES string of the molecule is C#CC1CCN(S(=O)(=O)C2CCCC2)CC1. The third-order valence-corrected chi connectivity index (χ3v) is 6.17. The highest BCUT2D eigenvalue weighted by molar-refractivity contribution is 7.89. The molecule has 0 bridgehead atoms. The van der Waals surface area contributed by atoms with Crippen molar-refractivity contribution in [2.45, 2.75) is 43.8 Å². The van der Waals surface area contributed by atoms with E-state index in [1.807, 2.05) is 0 Å². The van der Waals surface area contributed by atoms with E-state index in [4.69, 9.17) is 6.42 Å². The second kappa shape index (κ2) is 4.77. The number of hydrogen-bond donors (Lipinski definition) is 0. The summed E-state index contributed by atoms with van der Waals surface area (Å²) in [6.07, 6.45) is 10.8. The van der Waals surface area contributed by atoms with Crippen LogP contribution >= 0.6 is 0 Å². The molecule has 0 atom stereocenters. The molecular weight excluding hydrogens is 222 g/mol. The van der Waals surface area contributed by atoms with Gasteiger partial charge in [-0.1, -0.05) is 12.8 Å². The van der Waals surface area contributed by atoms with E-state index in [0.29, 0.717) is 13.1 Å². The Morgan fingerprint density at radius 1 is 1.06 bits per heavy atom. The lowest BCUT2D eigenvalue weighted by atomic mass is 10.00. The predicted octanol–water partition coefficient (Wildman–Crippen LogP) is 1.60. The van der Waals surface area contributed by atoms with Crippen molar-refractivity contribution in [2.75, 3.05) is 13.1 Å². The van der Waals surface area contributed by atoms with Gasteiger partial charge in [0.1, 0.15) is 0 Å².